The van der Waals surface area contributed by atoms with Crippen LogP contribution in [0.15, 0.2) is 18.3 Å². The van der Waals surface area contributed by atoms with Crippen LogP contribution < -0.4 is 5.32 Å². The molecule has 0 radical (unpaired) electrons. The number of aromatic nitrogens is 4. The summed E-state index contributed by atoms with van der Waals surface area (Å²) in [7, 11) is 0. The van der Waals surface area contributed by atoms with Crippen LogP contribution in [0.3, 0.4) is 0 Å². The number of hydrogen-bond donors (Lipinski definition) is 1. The van der Waals surface area contributed by atoms with E-state index < -0.39 is 0 Å². The number of hydrogen-bond acceptors (Lipinski definition) is 4. The molecular weight excluding hydrogens is 202 g/mol. The lowest BCUT2D eigenvalue weighted by atomic mass is 9.96. The van der Waals surface area contributed by atoms with E-state index in [1.165, 1.54) is 12.8 Å². The molecule has 1 aliphatic rings. The Kier molecular flexibility index (Phi) is 2.53. The normalized spacial score (nSPS) is 21.4. The molecule has 2 aromatic rings. The number of nitrogens with zero attached hydrogens (tertiary/aromatic N) is 4. The Balaban J connectivity index is 1.83. The van der Waals surface area contributed by atoms with Crippen LogP contribution in [-0.2, 0) is 6.42 Å². The van der Waals surface area contributed by atoms with Crippen molar-refractivity contribution in [2.24, 2.45) is 5.92 Å². The highest BCUT2D eigenvalue weighted by Crippen LogP contribution is 2.15. The van der Waals surface area contributed by atoms with Gasteiger partial charge in [-0.25, -0.2) is 0 Å². The molecule has 1 unspecified atom stereocenters. The van der Waals surface area contributed by atoms with Gasteiger partial charge < -0.3 is 5.32 Å². The number of piperidine rings is 1. The highest BCUT2D eigenvalue weighted by molar-refractivity contribution is 5.34. The minimum Gasteiger partial charge on any atom is -0.316 e. The lowest BCUT2D eigenvalue weighted by Gasteiger charge is -2.21. The molecule has 1 N–H and O–H groups in total. The van der Waals surface area contributed by atoms with E-state index >= 15 is 0 Å². The first-order valence-corrected chi connectivity index (χ1v) is 5.79. The van der Waals surface area contributed by atoms with Gasteiger partial charge in [0.05, 0.1) is 0 Å². The maximum atomic E-state index is 4.28. The average molecular weight is 217 g/mol. The second-order valence-corrected chi connectivity index (χ2v) is 4.33. The van der Waals surface area contributed by atoms with E-state index in [4.69, 9.17) is 0 Å². The van der Waals surface area contributed by atoms with Crippen LogP contribution in [0.2, 0.25) is 0 Å². The molecule has 0 spiro atoms. The third-order valence-corrected chi connectivity index (χ3v) is 3.11. The zero-order valence-corrected chi connectivity index (χ0v) is 9.13. The highest BCUT2D eigenvalue weighted by atomic mass is 15.4. The fourth-order valence-electron chi connectivity index (χ4n) is 2.27. The van der Waals surface area contributed by atoms with Crippen LogP contribution in [0.4, 0.5) is 0 Å². The minimum atomic E-state index is 0.670. The van der Waals surface area contributed by atoms with Gasteiger partial charge in [-0.1, -0.05) is 0 Å². The maximum absolute atomic E-state index is 4.28. The maximum Gasteiger partial charge on any atom is 0.177 e. The molecular formula is C11H15N5. The zero-order chi connectivity index (χ0) is 10.8. The second-order valence-electron chi connectivity index (χ2n) is 4.33. The summed E-state index contributed by atoms with van der Waals surface area (Å²) in [4.78, 5) is 0. The van der Waals surface area contributed by atoms with Crippen LogP contribution in [0.25, 0.3) is 5.65 Å². The molecule has 5 heteroatoms. The summed E-state index contributed by atoms with van der Waals surface area (Å²) >= 11 is 0. The fourth-order valence-corrected chi connectivity index (χ4v) is 2.27. The first-order chi connectivity index (χ1) is 7.93. The van der Waals surface area contributed by atoms with E-state index in [1.807, 2.05) is 16.6 Å². The molecule has 0 amide bonds. The molecule has 84 valence electrons. The van der Waals surface area contributed by atoms with Gasteiger partial charge in [-0.15, -0.1) is 10.2 Å². The molecule has 2 aromatic heterocycles. The summed E-state index contributed by atoms with van der Waals surface area (Å²) in [5, 5.41) is 16.0. The van der Waals surface area contributed by atoms with Gasteiger partial charge >= 0.3 is 0 Å². The zero-order valence-electron chi connectivity index (χ0n) is 9.13. The molecule has 1 aliphatic heterocycles. The van der Waals surface area contributed by atoms with Crippen molar-refractivity contribution in [3.63, 3.8) is 0 Å². The topological polar surface area (TPSA) is 55.1 Å². The molecule has 3 rings (SSSR count). The Morgan fingerprint density at radius 2 is 2.44 bits per heavy atom. The Morgan fingerprint density at radius 1 is 1.44 bits per heavy atom. The summed E-state index contributed by atoms with van der Waals surface area (Å²) in [5.74, 6) is 1.65. The van der Waals surface area contributed by atoms with Gasteiger partial charge in [-0.3, -0.25) is 0 Å². The number of nitrogens with one attached hydrogen (secondary N) is 1. The Bertz CT molecular complexity index is 472. The quantitative estimate of drug-likeness (QED) is 0.803. The van der Waals surface area contributed by atoms with E-state index in [9.17, 15) is 0 Å². The number of fused-ring (bicyclic) bond motifs is 1. The third kappa shape index (κ3) is 1.78. The van der Waals surface area contributed by atoms with Crippen molar-refractivity contribution < 1.29 is 0 Å². The molecule has 16 heavy (non-hydrogen) atoms. The van der Waals surface area contributed by atoms with Crippen molar-refractivity contribution >= 4 is 5.65 Å². The van der Waals surface area contributed by atoms with Gasteiger partial charge in [-0.2, -0.15) is 9.61 Å². The van der Waals surface area contributed by atoms with Crippen molar-refractivity contribution in [2.75, 3.05) is 13.1 Å². The summed E-state index contributed by atoms with van der Waals surface area (Å²) < 4.78 is 1.84. The van der Waals surface area contributed by atoms with Gasteiger partial charge in [0.1, 0.15) is 0 Å². The Hall–Kier alpha value is -1.49. The van der Waals surface area contributed by atoms with E-state index in [-0.39, 0.29) is 0 Å². The van der Waals surface area contributed by atoms with E-state index in [2.05, 4.69) is 20.6 Å². The average Bonchev–Trinajstić information content (AvgIpc) is 2.74. The number of rotatable bonds is 2. The van der Waals surface area contributed by atoms with Crippen molar-refractivity contribution in [2.45, 2.75) is 19.3 Å². The Labute approximate surface area is 93.9 Å². The predicted molar refractivity (Wildman–Crippen MR) is 60.1 cm³/mol. The lowest BCUT2D eigenvalue weighted by Crippen LogP contribution is -2.31. The molecule has 1 atom stereocenters. The molecule has 5 nitrogen and oxygen atoms in total. The van der Waals surface area contributed by atoms with E-state index in [0.29, 0.717) is 5.92 Å². The van der Waals surface area contributed by atoms with Crippen molar-refractivity contribution in [1.29, 1.82) is 0 Å². The monoisotopic (exact) mass is 217 g/mol. The summed E-state index contributed by atoms with van der Waals surface area (Å²) in [6.45, 7) is 2.23. The minimum absolute atomic E-state index is 0.670. The van der Waals surface area contributed by atoms with Crippen LogP contribution >= 0.6 is 0 Å². The smallest absolute Gasteiger partial charge is 0.177 e. The fraction of sp³-hybridized carbons (Fsp3) is 0.545. The summed E-state index contributed by atoms with van der Waals surface area (Å²) in [6, 6.07) is 3.82. The van der Waals surface area contributed by atoms with Gasteiger partial charge in [0.25, 0.3) is 0 Å². The van der Waals surface area contributed by atoms with Gasteiger partial charge in [0, 0.05) is 12.6 Å². The molecule has 0 saturated carbocycles. The molecule has 1 fully saturated rings. The van der Waals surface area contributed by atoms with E-state index in [0.717, 1.165) is 31.0 Å². The first kappa shape index (κ1) is 9.72. The molecule has 1 saturated heterocycles. The SMILES string of the molecule is c1cnn2c(CC3CCCNC3)nnc2c1. The molecule has 0 aromatic carbocycles. The van der Waals surface area contributed by atoms with Crippen LogP contribution in [-0.4, -0.2) is 32.9 Å². The van der Waals surface area contributed by atoms with Gasteiger partial charge in [-0.05, 0) is 44.0 Å². The van der Waals surface area contributed by atoms with Gasteiger partial charge in [0.2, 0.25) is 0 Å². The Morgan fingerprint density at radius 3 is 3.31 bits per heavy atom. The standard InChI is InChI=1S/C11H15N5/c1-3-9(8-12-5-1)7-11-15-14-10-4-2-6-13-16(10)11/h2,4,6,9,12H,1,3,5,7-8H2. The second kappa shape index (κ2) is 4.17. The summed E-state index contributed by atoms with van der Waals surface area (Å²) in [5.41, 5.74) is 0.835. The molecule has 0 bridgehead atoms. The van der Waals surface area contributed by atoms with Crippen molar-refractivity contribution in [3.05, 3.63) is 24.2 Å². The van der Waals surface area contributed by atoms with Crippen LogP contribution in [0.5, 0.6) is 0 Å². The highest BCUT2D eigenvalue weighted by Gasteiger charge is 2.16. The van der Waals surface area contributed by atoms with Crippen LogP contribution in [0.1, 0.15) is 18.7 Å². The first-order valence-electron chi connectivity index (χ1n) is 5.79. The van der Waals surface area contributed by atoms with Crippen molar-refractivity contribution in [1.82, 2.24) is 25.1 Å². The van der Waals surface area contributed by atoms with Crippen LogP contribution in [0, 0.1) is 5.92 Å². The molecule has 3 heterocycles. The van der Waals surface area contributed by atoms with Gasteiger partial charge in [0.15, 0.2) is 11.5 Å². The predicted octanol–water partition coefficient (Wildman–Crippen LogP) is 0.666. The van der Waals surface area contributed by atoms with Crippen molar-refractivity contribution in [3.8, 4) is 0 Å². The molecule has 0 aliphatic carbocycles. The summed E-state index contributed by atoms with van der Waals surface area (Å²) in [6.07, 6.45) is 5.27. The lowest BCUT2D eigenvalue weighted by molar-refractivity contribution is 0.368. The third-order valence-electron chi connectivity index (χ3n) is 3.11. The largest absolute Gasteiger partial charge is 0.316 e. The van der Waals surface area contributed by atoms with E-state index in [1.54, 1.807) is 6.20 Å².